The number of aliphatic hydroxyl groups is 1. The van der Waals surface area contributed by atoms with E-state index in [9.17, 15) is 32.7 Å². The van der Waals surface area contributed by atoms with Gasteiger partial charge >= 0.3 is 23.9 Å². The van der Waals surface area contributed by atoms with Gasteiger partial charge in [0.25, 0.3) is 10.1 Å². The summed E-state index contributed by atoms with van der Waals surface area (Å²) in [5, 5.41) is 9.98. The summed E-state index contributed by atoms with van der Waals surface area (Å²) in [5.41, 5.74) is -0.383. The number of ether oxygens (including phenoxy) is 4. The lowest BCUT2D eigenvalue weighted by atomic mass is 9.49. The molecule has 7 unspecified atom stereocenters. The van der Waals surface area contributed by atoms with E-state index in [2.05, 4.69) is 26.7 Å². The zero-order valence-corrected chi connectivity index (χ0v) is 33.3. The van der Waals surface area contributed by atoms with Gasteiger partial charge < -0.3 is 24.1 Å². The highest BCUT2D eigenvalue weighted by Crippen LogP contribution is 2.61. The van der Waals surface area contributed by atoms with E-state index < -0.39 is 51.7 Å². The zero-order valence-electron chi connectivity index (χ0n) is 32.5. The molecule has 10 aliphatic carbocycles. The minimum absolute atomic E-state index is 0.00284. The first kappa shape index (κ1) is 40.2. The normalized spacial score (nSPS) is 43.6. The highest BCUT2D eigenvalue weighted by molar-refractivity contribution is 7.87. The predicted octanol–water partition coefficient (Wildman–Crippen LogP) is 5.66. The summed E-state index contributed by atoms with van der Waals surface area (Å²) in [6, 6.07) is 0. The van der Waals surface area contributed by atoms with Crippen LogP contribution in [-0.2, 0) is 52.4 Å². The Bertz CT molecular complexity index is 1690. The van der Waals surface area contributed by atoms with Crippen LogP contribution in [0.3, 0.4) is 0 Å². The summed E-state index contributed by atoms with van der Waals surface area (Å²) < 4.78 is 50.1. The lowest BCUT2D eigenvalue weighted by Crippen LogP contribution is -2.60. The SMILES string of the molecule is C=C(C)C(=O)OC1(CC)C2CC3CC(C2)CC1C3.C=C(C)C(=O)OCC(=O)OC1C2CC3C1OS(=O)(=O)C3C2.C=CC(=O)OC12CC3CC(CC(O)(C3)C1)C2. The summed E-state index contributed by atoms with van der Waals surface area (Å²) in [7, 11) is -3.53. The topological polar surface area (TPSA) is 169 Å². The fourth-order valence-corrected chi connectivity index (χ4v) is 14.9. The summed E-state index contributed by atoms with van der Waals surface area (Å²) in [6.45, 7) is 15.5. The van der Waals surface area contributed by atoms with E-state index in [-0.39, 0.29) is 40.5 Å². The number of rotatable bonds is 9. The molecule has 0 aromatic carbocycles. The maximum Gasteiger partial charge on any atom is 0.344 e. The Labute approximate surface area is 324 Å². The summed E-state index contributed by atoms with van der Waals surface area (Å²) in [6.07, 6.45) is 14.3. The van der Waals surface area contributed by atoms with Crippen molar-refractivity contribution in [1.82, 2.24) is 0 Å². The van der Waals surface area contributed by atoms with E-state index in [0.29, 0.717) is 48.5 Å². The molecule has 0 radical (unpaired) electrons. The molecule has 55 heavy (non-hydrogen) atoms. The Morgan fingerprint density at radius 3 is 1.93 bits per heavy atom. The molecule has 0 aromatic heterocycles. The van der Waals surface area contributed by atoms with E-state index in [1.165, 1.54) is 51.5 Å². The van der Waals surface area contributed by atoms with Gasteiger partial charge in [0.2, 0.25) is 0 Å². The second-order valence-electron chi connectivity index (χ2n) is 18.6. The van der Waals surface area contributed by atoms with E-state index in [0.717, 1.165) is 43.9 Å². The van der Waals surface area contributed by atoms with E-state index in [4.69, 9.17) is 23.1 Å². The van der Waals surface area contributed by atoms with Gasteiger partial charge in [0.05, 0.1) is 10.9 Å². The molecule has 11 fully saturated rings. The van der Waals surface area contributed by atoms with Crippen LogP contribution >= 0.6 is 0 Å². The molecule has 0 aromatic rings. The van der Waals surface area contributed by atoms with Gasteiger partial charge in [-0.3, -0.25) is 4.18 Å². The molecule has 11 rings (SSSR count). The molecule has 13 heteroatoms. The number of hydrogen-bond donors (Lipinski definition) is 1. The van der Waals surface area contributed by atoms with Crippen molar-refractivity contribution in [1.29, 1.82) is 0 Å². The third-order valence-electron chi connectivity index (χ3n) is 14.5. The first-order valence-electron chi connectivity index (χ1n) is 20.3. The Morgan fingerprint density at radius 1 is 0.818 bits per heavy atom. The number of fused-ring (bicyclic) bond motifs is 1. The van der Waals surface area contributed by atoms with E-state index in [1.807, 2.05) is 0 Å². The first-order valence-corrected chi connectivity index (χ1v) is 21.7. The second-order valence-corrected chi connectivity index (χ2v) is 20.4. The first-order chi connectivity index (χ1) is 25.9. The molecule has 7 atom stereocenters. The molecule has 1 saturated heterocycles. The fourth-order valence-electron chi connectivity index (χ4n) is 13.0. The van der Waals surface area contributed by atoms with Crippen LogP contribution in [0, 0.1) is 47.3 Å². The van der Waals surface area contributed by atoms with E-state index in [1.54, 1.807) is 6.92 Å². The molecular formula is C42H58O12S. The van der Waals surface area contributed by atoms with Crippen molar-refractivity contribution in [2.75, 3.05) is 6.61 Å². The third-order valence-corrected chi connectivity index (χ3v) is 16.3. The molecule has 1 aliphatic heterocycles. The van der Waals surface area contributed by atoms with Gasteiger partial charge in [-0.05, 0) is 133 Å². The monoisotopic (exact) mass is 786 g/mol. The third kappa shape index (κ3) is 7.70. The number of carbonyl (C=O) groups excluding carboxylic acids is 4. The van der Waals surface area contributed by atoms with Gasteiger partial charge in [0.1, 0.15) is 23.4 Å². The minimum atomic E-state index is -3.53. The highest BCUT2D eigenvalue weighted by Gasteiger charge is 2.65. The quantitative estimate of drug-likeness (QED) is 0.132. The van der Waals surface area contributed by atoms with Crippen LogP contribution in [0.4, 0.5) is 0 Å². The number of carbonyl (C=O) groups is 4. The van der Waals surface area contributed by atoms with Gasteiger partial charge in [-0.15, -0.1) is 0 Å². The molecule has 0 spiro atoms. The minimum Gasteiger partial charge on any atom is -0.457 e. The van der Waals surface area contributed by atoms with Gasteiger partial charge in [-0.1, -0.05) is 26.7 Å². The average molecular weight is 787 g/mol. The predicted molar refractivity (Wildman–Crippen MR) is 199 cm³/mol. The summed E-state index contributed by atoms with van der Waals surface area (Å²) in [5.74, 6) is 2.17. The number of hydrogen-bond acceptors (Lipinski definition) is 12. The molecule has 12 nitrogen and oxygen atoms in total. The van der Waals surface area contributed by atoms with Crippen LogP contribution in [-0.4, -0.2) is 78.3 Å². The van der Waals surface area contributed by atoms with Gasteiger partial charge in [-0.25, -0.2) is 19.2 Å². The molecule has 10 saturated carbocycles. The standard InChI is InChI=1S/C16H24O2.C13H16O7S.C13H18O3/c1-4-16(18-15(17)10(2)3)13-6-11-5-12(8-13)9-14(16)7-11;1-6(2)13(15)18-5-10(14)19-11-7-3-8-9(4-7)21(16,17)20-12(8)11;1-2-11(14)16-13-6-9-3-10(7-13)5-12(15,4-9)8-13/h11-14H,2,4-9H2,1,3H3;7-9,11-12H,1,3-5H2,2H3;2,9-10,15H,1,3-8H2. The van der Waals surface area contributed by atoms with Crippen LogP contribution in [0.1, 0.15) is 111 Å². The molecule has 10 bridgehead atoms. The van der Waals surface area contributed by atoms with Crippen molar-refractivity contribution in [3.8, 4) is 0 Å². The van der Waals surface area contributed by atoms with Crippen LogP contribution in [0.5, 0.6) is 0 Å². The average Bonchev–Trinajstić information content (AvgIpc) is 3.72. The molecule has 11 aliphatic rings. The van der Waals surface area contributed by atoms with Gasteiger partial charge in [0.15, 0.2) is 6.61 Å². The van der Waals surface area contributed by atoms with Gasteiger partial charge in [0, 0.05) is 35.5 Å². The molecule has 1 heterocycles. The lowest BCUT2D eigenvalue weighted by Gasteiger charge is -2.60. The molecule has 1 N–H and O–H groups in total. The molecule has 304 valence electrons. The van der Waals surface area contributed by atoms with Crippen molar-refractivity contribution >= 4 is 34.0 Å². The second kappa shape index (κ2) is 14.7. The summed E-state index contributed by atoms with van der Waals surface area (Å²) >= 11 is 0. The lowest BCUT2D eigenvalue weighted by molar-refractivity contribution is -0.216. The largest absolute Gasteiger partial charge is 0.457 e. The highest BCUT2D eigenvalue weighted by atomic mass is 32.2. The Hall–Kier alpha value is -3.03. The van der Waals surface area contributed by atoms with Gasteiger partial charge in [-0.2, -0.15) is 8.42 Å². The van der Waals surface area contributed by atoms with E-state index >= 15 is 0 Å². The Morgan fingerprint density at radius 2 is 1.40 bits per heavy atom. The van der Waals surface area contributed by atoms with Crippen molar-refractivity contribution in [3.05, 3.63) is 37.0 Å². The maximum atomic E-state index is 12.0. The van der Waals surface area contributed by atoms with Crippen LogP contribution in [0.15, 0.2) is 37.0 Å². The molecular weight excluding hydrogens is 729 g/mol. The van der Waals surface area contributed by atoms with Crippen LogP contribution < -0.4 is 0 Å². The van der Waals surface area contributed by atoms with Crippen molar-refractivity contribution in [3.63, 3.8) is 0 Å². The van der Waals surface area contributed by atoms with Crippen molar-refractivity contribution in [2.24, 2.45) is 47.3 Å². The Balaban J connectivity index is 0.000000128. The zero-order chi connectivity index (χ0) is 39.7. The van der Waals surface area contributed by atoms with Crippen LogP contribution in [0.2, 0.25) is 0 Å². The van der Waals surface area contributed by atoms with Crippen molar-refractivity contribution < 1.29 is 55.8 Å². The number of esters is 4. The fraction of sp³-hybridized carbons (Fsp3) is 0.762. The smallest absolute Gasteiger partial charge is 0.344 e. The Kier molecular flexibility index (Phi) is 10.8. The maximum absolute atomic E-state index is 12.0. The molecule has 0 amide bonds. The van der Waals surface area contributed by atoms with Crippen molar-refractivity contribution in [2.45, 2.75) is 145 Å². The van der Waals surface area contributed by atoms with Crippen LogP contribution in [0.25, 0.3) is 0 Å². The summed E-state index contributed by atoms with van der Waals surface area (Å²) in [4.78, 5) is 46.3.